The molecule has 0 saturated carbocycles. The van der Waals surface area contributed by atoms with Gasteiger partial charge in [0.25, 0.3) is 0 Å². The van der Waals surface area contributed by atoms with E-state index < -0.39 is 5.41 Å². The highest BCUT2D eigenvalue weighted by atomic mass is 15.1. The van der Waals surface area contributed by atoms with Crippen molar-refractivity contribution in [3.05, 3.63) is 156 Å². The van der Waals surface area contributed by atoms with Crippen molar-refractivity contribution in [2.45, 2.75) is 32.6 Å². The van der Waals surface area contributed by atoms with Crippen molar-refractivity contribution in [3.8, 4) is 39.1 Å². The van der Waals surface area contributed by atoms with Gasteiger partial charge in [-0.25, -0.2) is 4.98 Å². The maximum Gasteiger partial charge on any atom is 0.114 e. The van der Waals surface area contributed by atoms with Crippen LogP contribution < -0.4 is 0 Å². The van der Waals surface area contributed by atoms with Gasteiger partial charge in [-0.3, -0.25) is 4.57 Å². The Bertz CT molecular complexity index is 2830. The zero-order valence-corrected chi connectivity index (χ0v) is 25.8. The third kappa shape index (κ3) is 3.80. The van der Waals surface area contributed by atoms with Crippen LogP contribution in [0.3, 0.4) is 0 Å². The van der Waals surface area contributed by atoms with Crippen molar-refractivity contribution in [2.75, 3.05) is 0 Å². The van der Waals surface area contributed by atoms with Gasteiger partial charge in [-0.15, -0.1) is 0 Å². The zero-order valence-electron chi connectivity index (χ0n) is 32.8. The molecule has 0 unspecified atom stereocenters. The van der Waals surface area contributed by atoms with Gasteiger partial charge in [0.1, 0.15) is 5.82 Å². The maximum atomic E-state index is 9.83. The number of aryl methyl sites for hydroxylation is 1. The third-order valence-electron chi connectivity index (χ3n) is 9.52. The first kappa shape index (κ1) is 20.5. The molecule has 8 aromatic rings. The summed E-state index contributed by atoms with van der Waals surface area (Å²) in [5.41, 5.74) is 6.26. The first-order valence-electron chi connectivity index (χ1n) is 19.2. The molecule has 0 fully saturated rings. The molecule has 0 atom stereocenters. The monoisotopic (exact) mass is 597 g/mol. The van der Waals surface area contributed by atoms with E-state index in [4.69, 9.17) is 10.5 Å². The molecule has 0 radical (unpaired) electrons. The van der Waals surface area contributed by atoms with Crippen LogP contribution in [0.5, 0.6) is 0 Å². The number of hydrogen-bond donors (Lipinski definition) is 0. The highest BCUT2D eigenvalue weighted by molar-refractivity contribution is 6.21. The van der Waals surface area contributed by atoms with E-state index in [-0.39, 0.29) is 53.4 Å². The van der Waals surface area contributed by atoms with E-state index >= 15 is 0 Å². The average molecular weight is 598 g/mol. The fourth-order valence-corrected chi connectivity index (χ4v) is 7.39. The van der Waals surface area contributed by atoms with Crippen molar-refractivity contribution >= 4 is 32.6 Å². The Hall–Kier alpha value is -5.47. The fourth-order valence-electron chi connectivity index (χ4n) is 7.39. The highest BCUT2D eigenvalue weighted by Crippen LogP contribution is 2.51. The largest absolute Gasteiger partial charge is 0.296 e. The number of aromatic nitrogens is 2. The van der Waals surface area contributed by atoms with Crippen molar-refractivity contribution < 1.29 is 9.60 Å². The van der Waals surface area contributed by atoms with Crippen LogP contribution in [0, 0.1) is 0 Å². The molecule has 0 saturated heterocycles. The van der Waals surface area contributed by atoms with E-state index in [2.05, 4.69) is 54.0 Å². The van der Waals surface area contributed by atoms with Gasteiger partial charge in [-0.2, -0.15) is 0 Å². The number of benzene rings is 7. The van der Waals surface area contributed by atoms with Gasteiger partial charge in [0, 0.05) is 17.5 Å². The number of nitrogens with zero attached hydrogens (tertiary/aromatic N) is 2. The third-order valence-corrected chi connectivity index (χ3v) is 9.52. The second kappa shape index (κ2) is 10.0. The molecule has 0 amide bonds. The number of hydrogen-bond acceptors (Lipinski definition) is 1. The predicted molar refractivity (Wildman–Crippen MR) is 194 cm³/mol. The molecule has 1 aliphatic carbocycles. The van der Waals surface area contributed by atoms with E-state index in [1.807, 2.05) is 68.4 Å². The first-order chi connectivity index (χ1) is 25.5. The van der Waals surface area contributed by atoms with E-state index in [9.17, 15) is 4.11 Å². The summed E-state index contributed by atoms with van der Waals surface area (Å²) in [6, 6.07) is 31.3. The number of imidazole rings is 1. The summed E-state index contributed by atoms with van der Waals surface area (Å²) in [6.45, 7) is 5.81. The van der Waals surface area contributed by atoms with Crippen LogP contribution in [0.15, 0.2) is 139 Å². The standard InChI is InChI=1S/C44H34N2/c1-4-41-45-39-22-11-12-23-40(39)46(41)30-15-13-14-28(26-30)42-33-17-5-7-19-35(33)43(36-20-8-6-18-34(36)42)29-24-25-32-31-16-9-10-21-37(31)44(2,3)38(32)27-29/h5-27H,4H2,1-3H3/i9D,10D,16D,21D,24D,25D,27D. The molecule has 2 nitrogen and oxygen atoms in total. The summed E-state index contributed by atoms with van der Waals surface area (Å²) in [4.78, 5) is 4.92. The topological polar surface area (TPSA) is 17.8 Å². The highest BCUT2D eigenvalue weighted by Gasteiger charge is 2.35. The van der Waals surface area contributed by atoms with Gasteiger partial charge in [0.05, 0.1) is 20.6 Å². The van der Waals surface area contributed by atoms with Crippen LogP contribution in [-0.2, 0) is 11.8 Å². The lowest BCUT2D eigenvalue weighted by molar-refractivity contribution is 0.660. The minimum absolute atomic E-state index is 0.0585. The Morgan fingerprint density at radius 2 is 1.28 bits per heavy atom. The van der Waals surface area contributed by atoms with E-state index in [0.29, 0.717) is 22.3 Å². The average Bonchev–Trinajstić information content (AvgIpc) is 3.67. The second-order valence-electron chi connectivity index (χ2n) is 12.5. The molecule has 0 aliphatic heterocycles. The zero-order chi connectivity index (χ0) is 37.1. The first-order valence-corrected chi connectivity index (χ1v) is 15.7. The number of para-hydroxylation sites is 2. The minimum atomic E-state index is -1.02. The normalized spacial score (nSPS) is 15.5. The molecular formula is C44H34N2. The summed E-state index contributed by atoms with van der Waals surface area (Å²) >= 11 is 0. The lowest BCUT2D eigenvalue weighted by Gasteiger charge is -2.23. The van der Waals surface area contributed by atoms with Crippen LogP contribution in [0.25, 0.3) is 71.6 Å². The van der Waals surface area contributed by atoms with Gasteiger partial charge in [-0.1, -0.05) is 130 Å². The Labute approximate surface area is 279 Å². The summed E-state index contributed by atoms with van der Waals surface area (Å²) in [7, 11) is 0. The summed E-state index contributed by atoms with van der Waals surface area (Å²) in [6.07, 6.45) is 0.770. The van der Waals surface area contributed by atoms with E-state index in [0.717, 1.165) is 61.6 Å². The number of fused-ring (bicyclic) bond motifs is 6. The summed E-state index contributed by atoms with van der Waals surface area (Å²) in [5, 5.41) is 3.57. The molecule has 9 rings (SSSR count). The summed E-state index contributed by atoms with van der Waals surface area (Å²) < 4.78 is 65.4. The molecule has 1 aliphatic rings. The van der Waals surface area contributed by atoms with Crippen molar-refractivity contribution in [2.24, 2.45) is 0 Å². The van der Waals surface area contributed by atoms with Crippen LogP contribution >= 0.6 is 0 Å². The quantitative estimate of drug-likeness (QED) is 0.185. The van der Waals surface area contributed by atoms with Crippen LogP contribution in [-0.4, -0.2) is 9.55 Å². The van der Waals surface area contributed by atoms with Gasteiger partial charge in [0.2, 0.25) is 0 Å². The molecule has 1 heterocycles. The number of rotatable bonds is 4. The van der Waals surface area contributed by atoms with Crippen LogP contribution in [0.2, 0.25) is 0 Å². The van der Waals surface area contributed by atoms with Crippen molar-refractivity contribution in [3.63, 3.8) is 0 Å². The molecule has 2 heteroatoms. The Morgan fingerprint density at radius 1 is 0.652 bits per heavy atom. The molecular weight excluding hydrogens is 556 g/mol. The van der Waals surface area contributed by atoms with Crippen molar-refractivity contribution in [1.29, 1.82) is 0 Å². The Kier molecular flexibility index (Phi) is 4.47. The van der Waals surface area contributed by atoms with Gasteiger partial charge >= 0.3 is 0 Å². The molecule has 0 spiro atoms. The lowest BCUT2D eigenvalue weighted by Crippen LogP contribution is -2.14. The van der Waals surface area contributed by atoms with Gasteiger partial charge in [-0.05, 0) is 96.4 Å². The SMILES string of the molecule is [2H]c1c([2H])c([2H])c2c(c1[2H])-c1c([2H])c([2H])c(-c3c4ccccc4c(-c4cccc(-n5c(CC)nc6ccccc65)c4)c4ccccc34)c([2H])c1C2(C)C. The molecule has 7 aromatic carbocycles. The smallest absolute Gasteiger partial charge is 0.114 e. The van der Waals surface area contributed by atoms with Crippen molar-refractivity contribution in [1.82, 2.24) is 9.55 Å². The molecule has 46 heavy (non-hydrogen) atoms. The molecule has 0 N–H and O–H groups in total. The summed E-state index contributed by atoms with van der Waals surface area (Å²) in [5.74, 6) is 0.972. The maximum absolute atomic E-state index is 9.83. The molecule has 1 aromatic heterocycles. The Morgan fingerprint density at radius 3 is 2.00 bits per heavy atom. The van der Waals surface area contributed by atoms with Crippen LogP contribution in [0.1, 0.15) is 47.3 Å². The second-order valence-corrected chi connectivity index (χ2v) is 12.5. The van der Waals surface area contributed by atoms with Gasteiger partial charge < -0.3 is 0 Å². The van der Waals surface area contributed by atoms with E-state index in [1.54, 1.807) is 0 Å². The van der Waals surface area contributed by atoms with Crippen LogP contribution in [0.4, 0.5) is 0 Å². The van der Waals surface area contributed by atoms with E-state index in [1.165, 1.54) is 0 Å². The van der Waals surface area contributed by atoms with Gasteiger partial charge in [0.15, 0.2) is 0 Å². The minimum Gasteiger partial charge on any atom is -0.296 e. The fraction of sp³-hybridized carbons (Fsp3) is 0.114. The lowest BCUT2D eigenvalue weighted by atomic mass is 9.80. The molecule has 0 bridgehead atoms. The Balaban J connectivity index is 1.35. The predicted octanol–water partition coefficient (Wildman–Crippen LogP) is 11.5. The molecule has 220 valence electrons.